The van der Waals surface area contributed by atoms with Gasteiger partial charge in [-0.3, -0.25) is 4.79 Å². The highest BCUT2D eigenvalue weighted by Gasteiger charge is 2.05. The van der Waals surface area contributed by atoms with E-state index in [9.17, 15) is 13.6 Å². The summed E-state index contributed by atoms with van der Waals surface area (Å²) in [7, 11) is 0. The van der Waals surface area contributed by atoms with Crippen LogP contribution in [0.4, 0.5) is 8.78 Å². The fraction of sp³-hybridized carbons (Fsp3) is 0.133. The van der Waals surface area contributed by atoms with Crippen molar-refractivity contribution in [1.29, 1.82) is 0 Å². The second-order valence-corrected chi connectivity index (χ2v) is 5.27. The summed E-state index contributed by atoms with van der Waals surface area (Å²) < 4.78 is 26.4. The van der Waals surface area contributed by atoms with Crippen molar-refractivity contribution >= 4 is 17.7 Å². The molecule has 5 heteroatoms. The summed E-state index contributed by atoms with van der Waals surface area (Å²) in [5, 5.41) is 8.66. The van der Waals surface area contributed by atoms with Gasteiger partial charge >= 0.3 is 5.97 Å². The molecule has 20 heavy (non-hydrogen) atoms. The molecule has 0 unspecified atom stereocenters. The van der Waals surface area contributed by atoms with E-state index in [4.69, 9.17) is 5.11 Å². The largest absolute Gasteiger partial charge is 0.481 e. The maximum absolute atomic E-state index is 13.4. The number of halogens is 2. The van der Waals surface area contributed by atoms with Crippen LogP contribution < -0.4 is 0 Å². The Morgan fingerprint density at radius 1 is 1.05 bits per heavy atom. The third-order valence-electron chi connectivity index (χ3n) is 2.67. The number of carboxylic acid groups (broad SMARTS) is 1. The number of benzene rings is 2. The SMILES string of the molecule is O=C(O)Cc1ccc(CSc2cc(F)ccc2F)cc1. The summed E-state index contributed by atoms with van der Waals surface area (Å²) in [4.78, 5) is 10.8. The van der Waals surface area contributed by atoms with Gasteiger partial charge in [-0.2, -0.15) is 0 Å². The van der Waals surface area contributed by atoms with Gasteiger partial charge in [-0.25, -0.2) is 8.78 Å². The molecule has 0 amide bonds. The van der Waals surface area contributed by atoms with Crippen molar-refractivity contribution < 1.29 is 18.7 Å². The zero-order chi connectivity index (χ0) is 14.5. The van der Waals surface area contributed by atoms with Gasteiger partial charge in [-0.15, -0.1) is 11.8 Å². The van der Waals surface area contributed by atoms with Crippen molar-refractivity contribution in [2.75, 3.05) is 0 Å². The number of thioether (sulfide) groups is 1. The number of hydrogen-bond donors (Lipinski definition) is 1. The Balaban J connectivity index is 2.00. The molecule has 0 aromatic heterocycles. The maximum Gasteiger partial charge on any atom is 0.307 e. The molecule has 0 saturated carbocycles. The molecule has 0 fully saturated rings. The fourth-order valence-electron chi connectivity index (χ4n) is 1.68. The standard InChI is InChI=1S/C15H12F2O2S/c16-12-5-6-13(17)14(8-12)20-9-11-3-1-10(2-4-11)7-15(18)19/h1-6,8H,7,9H2,(H,18,19). The van der Waals surface area contributed by atoms with Crippen LogP contribution in [-0.2, 0) is 17.0 Å². The van der Waals surface area contributed by atoms with E-state index in [1.54, 1.807) is 24.3 Å². The van der Waals surface area contributed by atoms with Gasteiger partial charge in [0.25, 0.3) is 0 Å². The molecule has 2 rings (SSSR count). The predicted octanol–water partition coefficient (Wildman–Crippen LogP) is 3.88. The van der Waals surface area contributed by atoms with Crippen LogP contribution >= 0.6 is 11.8 Å². The molecule has 0 radical (unpaired) electrons. The minimum absolute atomic E-state index is 0.0219. The summed E-state index contributed by atoms with van der Waals surface area (Å²) in [6.45, 7) is 0. The Kier molecular flexibility index (Phi) is 4.74. The second kappa shape index (κ2) is 6.52. The van der Waals surface area contributed by atoms with Crippen LogP contribution in [0.1, 0.15) is 11.1 Å². The van der Waals surface area contributed by atoms with Crippen molar-refractivity contribution in [3.8, 4) is 0 Å². The highest BCUT2D eigenvalue weighted by Crippen LogP contribution is 2.26. The van der Waals surface area contributed by atoms with Crippen molar-refractivity contribution in [2.24, 2.45) is 0 Å². The van der Waals surface area contributed by atoms with Gasteiger partial charge in [0, 0.05) is 10.6 Å². The molecule has 0 bridgehead atoms. The highest BCUT2D eigenvalue weighted by molar-refractivity contribution is 7.98. The van der Waals surface area contributed by atoms with Gasteiger partial charge in [-0.1, -0.05) is 24.3 Å². The predicted molar refractivity (Wildman–Crippen MR) is 73.7 cm³/mol. The lowest BCUT2D eigenvalue weighted by atomic mass is 10.1. The molecule has 0 aliphatic carbocycles. The first-order chi connectivity index (χ1) is 9.54. The summed E-state index contributed by atoms with van der Waals surface area (Å²) in [5.74, 6) is -1.30. The number of carbonyl (C=O) groups is 1. The maximum atomic E-state index is 13.4. The van der Waals surface area contributed by atoms with E-state index in [1.165, 1.54) is 17.8 Å². The number of hydrogen-bond acceptors (Lipinski definition) is 2. The molecule has 0 spiro atoms. The molecule has 2 aromatic rings. The van der Waals surface area contributed by atoms with E-state index >= 15 is 0 Å². The van der Waals surface area contributed by atoms with E-state index in [2.05, 4.69) is 0 Å². The van der Waals surface area contributed by atoms with Crippen LogP contribution in [-0.4, -0.2) is 11.1 Å². The average Bonchev–Trinajstić information content (AvgIpc) is 2.41. The molecular weight excluding hydrogens is 282 g/mol. The van der Waals surface area contributed by atoms with Crippen LogP contribution in [0.25, 0.3) is 0 Å². The summed E-state index contributed by atoms with van der Waals surface area (Å²) >= 11 is 1.20. The van der Waals surface area contributed by atoms with Crippen molar-refractivity contribution in [3.63, 3.8) is 0 Å². The molecule has 0 aliphatic heterocycles. The van der Waals surface area contributed by atoms with E-state index in [-0.39, 0.29) is 11.3 Å². The zero-order valence-electron chi connectivity index (χ0n) is 10.5. The van der Waals surface area contributed by atoms with E-state index in [0.717, 1.165) is 17.7 Å². The fourth-order valence-corrected chi connectivity index (χ4v) is 2.59. The minimum atomic E-state index is -0.881. The molecule has 0 aliphatic rings. The molecule has 1 N–H and O–H groups in total. The van der Waals surface area contributed by atoms with Gasteiger partial charge in [-0.05, 0) is 29.3 Å². The van der Waals surface area contributed by atoms with Crippen molar-refractivity contribution in [2.45, 2.75) is 17.1 Å². The average molecular weight is 294 g/mol. The number of rotatable bonds is 5. The molecule has 2 nitrogen and oxygen atoms in total. The first-order valence-corrected chi connectivity index (χ1v) is 6.90. The van der Waals surface area contributed by atoms with Crippen LogP contribution in [0.15, 0.2) is 47.4 Å². The van der Waals surface area contributed by atoms with Gasteiger partial charge < -0.3 is 5.11 Å². The smallest absolute Gasteiger partial charge is 0.307 e. The second-order valence-electron chi connectivity index (χ2n) is 4.25. The quantitative estimate of drug-likeness (QED) is 0.850. The Hall–Kier alpha value is -1.88. The van der Waals surface area contributed by atoms with E-state index in [0.29, 0.717) is 11.3 Å². The summed E-state index contributed by atoms with van der Waals surface area (Å²) in [6.07, 6.45) is -0.0219. The van der Waals surface area contributed by atoms with Gasteiger partial charge in [0.2, 0.25) is 0 Å². The Labute approximate surface area is 119 Å². The monoisotopic (exact) mass is 294 g/mol. The van der Waals surface area contributed by atoms with Gasteiger partial charge in [0.05, 0.1) is 6.42 Å². The summed E-state index contributed by atoms with van der Waals surface area (Å²) in [6, 6.07) is 10.4. The van der Waals surface area contributed by atoms with E-state index in [1.807, 2.05) is 0 Å². The number of aliphatic carboxylic acids is 1. The van der Waals surface area contributed by atoms with Crippen LogP contribution in [0, 0.1) is 11.6 Å². The lowest BCUT2D eigenvalue weighted by Gasteiger charge is -2.05. The van der Waals surface area contributed by atoms with Crippen LogP contribution in [0.3, 0.4) is 0 Å². The van der Waals surface area contributed by atoms with Gasteiger partial charge in [0.15, 0.2) is 0 Å². The molecule has 0 saturated heterocycles. The van der Waals surface area contributed by atoms with Crippen molar-refractivity contribution in [1.82, 2.24) is 0 Å². The van der Waals surface area contributed by atoms with Crippen LogP contribution in [0.5, 0.6) is 0 Å². The normalized spacial score (nSPS) is 10.5. The van der Waals surface area contributed by atoms with Crippen LogP contribution in [0.2, 0.25) is 0 Å². The minimum Gasteiger partial charge on any atom is -0.481 e. The first kappa shape index (κ1) is 14.5. The highest BCUT2D eigenvalue weighted by atomic mass is 32.2. The van der Waals surface area contributed by atoms with E-state index < -0.39 is 17.6 Å². The molecule has 0 heterocycles. The molecule has 104 valence electrons. The van der Waals surface area contributed by atoms with Crippen molar-refractivity contribution in [3.05, 3.63) is 65.2 Å². The van der Waals surface area contributed by atoms with Gasteiger partial charge in [0.1, 0.15) is 11.6 Å². The first-order valence-electron chi connectivity index (χ1n) is 5.92. The molecular formula is C15H12F2O2S. The lowest BCUT2D eigenvalue weighted by molar-refractivity contribution is -0.136. The third kappa shape index (κ3) is 4.06. The molecule has 0 atom stereocenters. The Morgan fingerprint density at radius 3 is 2.35 bits per heavy atom. The summed E-state index contributed by atoms with van der Waals surface area (Å²) in [5.41, 5.74) is 1.64. The lowest BCUT2D eigenvalue weighted by Crippen LogP contribution is -1.99. The Morgan fingerprint density at radius 2 is 1.70 bits per heavy atom. The third-order valence-corrected chi connectivity index (χ3v) is 3.77. The number of carboxylic acids is 1. The molecule has 2 aromatic carbocycles. The zero-order valence-corrected chi connectivity index (χ0v) is 11.3. The Bertz CT molecular complexity index is 612. The topological polar surface area (TPSA) is 37.3 Å².